The van der Waals surface area contributed by atoms with Crippen molar-refractivity contribution >= 4 is 11.8 Å². The first-order valence-corrected chi connectivity index (χ1v) is 7.12. The van der Waals surface area contributed by atoms with E-state index in [-0.39, 0.29) is 6.10 Å². The summed E-state index contributed by atoms with van der Waals surface area (Å²) >= 11 is 1.70. The zero-order chi connectivity index (χ0) is 13.9. The van der Waals surface area contributed by atoms with E-state index in [1.54, 1.807) is 31.1 Å². The Bertz CT molecular complexity index is 665. The maximum Gasteiger partial charge on any atom is 0.212 e. The average molecular weight is 284 g/mol. The Morgan fingerprint density at radius 3 is 3.00 bits per heavy atom. The lowest BCUT2D eigenvalue weighted by molar-refractivity contribution is 0.219. The summed E-state index contributed by atoms with van der Waals surface area (Å²) in [5.41, 5.74) is 1.68. The van der Waals surface area contributed by atoms with Crippen LogP contribution >= 0.6 is 11.8 Å². The number of nitriles is 1. The number of hydrogen-bond donors (Lipinski definition) is 0. The van der Waals surface area contributed by atoms with Crippen LogP contribution in [0.15, 0.2) is 41.4 Å². The summed E-state index contributed by atoms with van der Waals surface area (Å²) in [6.45, 7) is 0. The number of hydrogen-bond acceptors (Lipinski definition) is 5. The normalized spacial score (nSPS) is 16.7. The molecule has 0 saturated carbocycles. The van der Waals surface area contributed by atoms with Crippen molar-refractivity contribution in [3.8, 4) is 17.7 Å². The van der Waals surface area contributed by atoms with Crippen LogP contribution < -0.4 is 9.47 Å². The minimum absolute atomic E-state index is 0.0289. The zero-order valence-corrected chi connectivity index (χ0v) is 11.7. The van der Waals surface area contributed by atoms with E-state index in [9.17, 15) is 0 Å². The van der Waals surface area contributed by atoms with Gasteiger partial charge in [-0.1, -0.05) is 0 Å². The molecule has 1 aromatic carbocycles. The Hall–Kier alpha value is -2.19. The van der Waals surface area contributed by atoms with Crippen LogP contribution in [0.5, 0.6) is 11.6 Å². The lowest BCUT2D eigenvalue weighted by Crippen LogP contribution is -2.15. The van der Waals surface area contributed by atoms with Gasteiger partial charge in [0.25, 0.3) is 0 Å². The van der Waals surface area contributed by atoms with Gasteiger partial charge in [-0.05, 0) is 24.3 Å². The van der Waals surface area contributed by atoms with Gasteiger partial charge in [-0.25, -0.2) is 4.98 Å². The van der Waals surface area contributed by atoms with Crippen molar-refractivity contribution in [2.75, 3.05) is 12.9 Å². The monoisotopic (exact) mass is 284 g/mol. The number of thioether (sulfide) groups is 1. The third kappa shape index (κ3) is 2.43. The van der Waals surface area contributed by atoms with Gasteiger partial charge in [-0.2, -0.15) is 5.26 Å². The van der Waals surface area contributed by atoms with Crippen molar-refractivity contribution < 1.29 is 9.47 Å². The lowest BCUT2D eigenvalue weighted by atomic mass is 10.1. The SMILES string of the molecule is COc1ccc(C2CSc3cc(C#N)ccc3O2)cn1. The van der Waals surface area contributed by atoms with E-state index in [1.807, 2.05) is 24.3 Å². The molecule has 3 rings (SSSR count). The van der Waals surface area contributed by atoms with Crippen molar-refractivity contribution in [3.05, 3.63) is 47.7 Å². The molecule has 2 aromatic rings. The second-order valence-electron chi connectivity index (χ2n) is 4.32. The molecule has 0 spiro atoms. The topological polar surface area (TPSA) is 55.1 Å². The number of ether oxygens (including phenoxy) is 2. The minimum atomic E-state index is -0.0289. The summed E-state index contributed by atoms with van der Waals surface area (Å²) < 4.78 is 11.0. The van der Waals surface area contributed by atoms with Gasteiger partial charge in [-0.15, -0.1) is 11.8 Å². The largest absolute Gasteiger partial charge is 0.484 e. The number of methoxy groups -OCH3 is 1. The van der Waals surface area contributed by atoms with Gasteiger partial charge in [0.05, 0.1) is 23.6 Å². The molecule has 100 valence electrons. The molecular weight excluding hydrogens is 272 g/mol. The summed E-state index contributed by atoms with van der Waals surface area (Å²) in [7, 11) is 1.60. The standard InChI is InChI=1S/C15H12N2O2S/c1-18-15-5-3-11(8-17-15)13-9-20-14-6-10(7-16)2-4-12(14)19-13/h2-6,8,13H,9H2,1H3. The lowest BCUT2D eigenvalue weighted by Gasteiger charge is -2.25. The Balaban J connectivity index is 1.82. The molecule has 0 bridgehead atoms. The van der Waals surface area contributed by atoms with E-state index in [1.165, 1.54) is 0 Å². The summed E-state index contributed by atoms with van der Waals surface area (Å²) in [6, 6.07) is 11.4. The van der Waals surface area contributed by atoms with Crippen LogP contribution in [0.1, 0.15) is 17.2 Å². The minimum Gasteiger partial charge on any atom is -0.484 e. The zero-order valence-electron chi connectivity index (χ0n) is 10.9. The predicted octanol–water partition coefficient (Wildman–Crippen LogP) is 3.19. The van der Waals surface area contributed by atoms with Gasteiger partial charge in [0.2, 0.25) is 5.88 Å². The fourth-order valence-corrected chi connectivity index (χ4v) is 3.07. The maximum absolute atomic E-state index is 8.90. The molecule has 1 aliphatic rings. The van der Waals surface area contributed by atoms with E-state index in [4.69, 9.17) is 14.7 Å². The molecule has 0 saturated heterocycles. The highest BCUT2D eigenvalue weighted by Gasteiger charge is 2.22. The molecule has 20 heavy (non-hydrogen) atoms. The molecular formula is C15H12N2O2S. The van der Waals surface area contributed by atoms with E-state index in [2.05, 4.69) is 11.1 Å². The van der Waals surface area contributed by atoms with E-state index in [0.717, 1.165) is 22.0 Å². The van der Waals surface area contributed by atoms with E-state index < -0.39 is 0 Å². The number of rotatable bonds is 2. The fraction of sp³-hybridized carbons (Fsp3) is 0.200. The van der Waals surface area contributed by atoms with Crippen LogP contribution in [0.2, 0.25) is 0 Å². The van der Waals surface area contributed by atoms with Crippen LogP contribution in [0, 0.1) is 11.3 Å². The molecule has 0 N–H and O–H groups in total. The van der Waals surface area contributed by atoms with Gasteiger partial charge in [0, 0.05) is 23.6 Å². The summed E-state index contributed by atoms with van der Waals surface area (Å²) in [4.78, 5) is 5.22. The summed E-state index contributed by atoms with van der Waals surface area (Å²) in [5.74, 6) is 2.22. The Kier molecular flexibility index (Phi) is 3.48. The van der Waals surface area contributed by atoms with Gasteiger partial charge in [0.15, 0.2) is 0 Å². The quantitative estimate of drug-likeness (QED) is 0.847. The van der Waals surface area contributed by atoms with Crippen LogP contribution in [0.4, 0.5) is 0 Å². The van der Waals surface area contributed by atoms with Crippen LogP contribution in [-0.4, -0.2) is 17.8 Å². The Morgan fingerprint density at radius 1 is 1.40 bits per heavy atom. The second kappa shape index (κ2) is 5.43. The predicted molar refractivity (Wildman–Crippen MR) is 76.0 cm³/mol. The molecule has 1 atom stereocenters. The highest BCUT2D eigenvalue weighted by atomic mass is 32.2. The van der Waals surface area contributed by atoms with Crippen LogP contribution in [0.25, 0.3) is 0 Å². The van der Waals surface area contributed by atoms with Crippen molar-refractivity contribution in [1.82, 2.24) is 4.98 Å². The molecule has 1 aromatic heterocycles. The van der Waals surface area contributed by atoms with Crippen LogP contribution in [0.3, 0.4) is 0 Å². The number of benzene rings is 1. The molecule has 0 aliphatic carbocycles. The van der Waals surface area contributed by atoms with Gasteiger partial charge in [-0.3, -0.25) is 0 Å². The Labute approximate surface area is 121 Å². The first-order valence-electron chi connectivity index (χ1n) is 6.13. The third-order valence-electron chi connectivity index (χ3n) is 3.07. The fourth-order valence-electron chi connectivity index (χ4n) is 2.01. The number of aromatic nitrogens is 1. The van der Waals surface area contributed by atoms with Crippen molar-refractivity contribution in [3.63, 3.8) is 0 Å². The Morgan fingerprint density at radius 2 is 2.30 bits per heavy atom. The molecule has 1 aliphatic heterocycles. The average Bonchev–Trinajstić information content (AvgIpc) is 2.54. The maximum atomic E-state index is 8.90. The van der Waals surface area contributed by atoms with Crippen LogP contribution in [-0.2, 0) is 0 Å². The highest BCUT2D eigenvalue weighted by molar-refractivity contribution is 7.99. The van der Waals surface area contributed by atoms with Gasteiger partial charge >= 0.3 is 0 Å². The van der Waals surface area contributed by atoms with E-state index in [0.29, 0.717) is 11.4 Å². The van der Waals surface area contributed by atoms with Gasteiger partial charge in [0.1, 0.15) is 11.9 Å². The molecule has 1 unspecified atom stereocenters. The second-order valence-corrected chi connectivity index (χ2v) is 5.39. The van der Waals surface area contributed by atoms with Gasteiger partial charge < -0.3 is 9.47 Å². The molecule has 5 heteroatoms. The number of pyridine rings is 1. The van der Waals surface area contributed by atoms with Crippen molar-refractivity contribution in [1.29, 1.82) is 5.26 Å². The molecule has 2 heterocycles. The first-order chi connectivity index (χ1) is 9.80. The molecule has 0 amide bonds. The summed E-state index contributed by atoms with van der Waals surface area (Å²) in [6.07, 6.45) is 1.75. The number of nitrogens with zero attached hydrogens (tertiary/aromatic N) is 2. The smallest absolute Gasteiger partial charge is 0.212 e. The van der Waals surface area contributed by atoms with Crippen molar-refractivity contribution in [2.45, 2.75) is 11.0 Å². The summed E-state index contributed by atoms with van der Waals surface area (Å²) in [5, 5.41) is 8.90. The third-order valence-corrected chi connectivity index (χ3v) is 4.17. The van der Waals surface area contributed by atoms with Crippen molar-refractivity contribution in [2.24, 2.45) is 0 Å². The molecule has 0 radical (unpaired) electrons. The number of fused-ring (bicyclic) bond motifs is 1. The van der Waals surface area contributed by atoms with E-state index >= 15 is 0 Å². The molecule has 0 fully saturated rings. The molecule has 4 nitrogen and oxygen atoms in total. The highest BCUT2D eigenvalue weighted by Crippen LogP contribution is 2.40. The first kappa shape index (κ1) is 12.8.